The fourth-order valence-electron chi connectivity index (χ4n) is 3.30. The highest BCUT2D eigenvalue weighted by molar-refractivity contribution is 6.22. The Hall–Kier alpha value is -2.50. The van der Waals surface area contributed by atoms with Gasteiger partial charge in [0.15, 0.2) is 0 Å². The molecule has 0 aliphatic carbocycles. The zero-order valence-electron chi connectivity index (χ0n) is 13.4. The smallest absolute Gasteiger partial charge is 0.248 e. The van der Waals surface area contributed by atoms with E-state index in [2.05, 4.69) is 15.5 Å². The summed E-state index contributed by atoms with van der Waals surface area (Å²) in [5.41, 5.74) is 3.39. The second-order valence-corrected chi connectivity index (χ2v) is 6.06. The molecule has 0 saturated carbocycles. The first-order valence-corrected chi connectivity index (χ1v) is 8.31. The average molecular weight is 320 g/mol. The third kappa shape index (κ3) is 2.84. The molecule has 1 saturated heterocycles. The van der Waals surface area contributed by atoms with Crippen molar-refractivity contribution in [1.29, 1.82) is 0 Å². The highest BCUT2D eigenvalue weighted by Crippen LogP contribution is 2.30. The summed E-state index contributed by atoms with van der Waals surface area (Å²) in [4.78, 5) is 20.1. The molecule has 24 heavy (non-hydrogen) atoms. The number of fused-ring (bicyclic) bond motifs is 1. The Bertz CT molecular complexity index is 766. The number of carbonyl (C=O) groups is 1. The van der Waals surface area contributed by atoms with Gasteiger partial charge in [0, 0.05) is 26.2 Å². The summed E-state index contributed by atoms with van der Waals surface area (Å²) < 4.78 is 0. The molecular formula is C19H20N4O. The van der Waals surface area contributed by atoms with Gasteiger partial charge in [0.2, 0.25) is 5.91 Å². The van der Waals surface area contributed by atoms with E-state index in [1.165, 1.54) is 0 Å². The van der Waals surface area contributed by atoms with Crippen LogP contribution in [0.1, 0.15) is 5.56 Å². The maximum absolute atomic E-state index is 13.0. The number of nitrogens with one attached hydrogen (secondary N) is 2. The van der Waals surface area contributed by atoms with Crippen LogP contribution in [0.2, 0.25) is 0 Å². The van der Waals surface area contributed by atoms with E-state index < -0.39 is 0 Å². The first-order chi connectivity index (χ1) is 11.8. The van der Waals surface area contributed by atoms with Crippen molar-refractivity contribution in [2.75, 3.05) is 31.5 Å². The molecule has 2 N–H and O–H groups in total. The van der Waals surface area contributed by atoms with Crippen LogP contribution < -0.4 is 10.6 Å². The van der Waals surface area contributed by atoms with Crippen LogP contribution in [0.5, 0.6) is 0 Å². The minimum atomic E-state index is -0.373. The lowest BCUT2D eigenvalue weighted by Gasteiger charge is -2.34. The van der Waals surface area contributed by atoms with Gasteiger partial charge in [-0.2, -0.15) is 0 Å². The number of amides is 1. The number of benzene rings is 2. The van der Waals surface area contributed by atoms with Gasteiger partial charge in [-0.15, -0.1) is 0 Å². The fraction of sp³-hybridized carbons (Fsp3) is 0.263. The number of nitrogens with zero attached hydrogens (tertiary/aromatic N) is 2. The fourth-order valence-corrected chi connectivity index (χ4v) is 3.30. The van der Waals surface area contributed by atoms with Crippen LogP contribution in [0.15, 0.2) is 59.6 Å². The maximum atomic E-state index is 13.0. The molecule has 122 valence electrons. The Balaban J connectivity index is 1.83. The van der Waals surface area contributed by atoms with Gasteiger partial charge in [-0.25, -0.2) is 4.99 Å². The Morgan fingerprint density at radius 3 is 2.46 bits per heavy atom. The van der Waals surface area contributed by atoms with Gasteiger partial charge in [0.25, 0.3) is 0 Å². The van der Waals surface area contributed by atoms with Crippen molar-refractivity contribution in [1.82, 2.24) is 10.2 Å². The van der Waals surface area contributed by atoms with E-state index >= 15 is 0 Å². The van der Waals surface area contributed by atoms with Crippen LogP contribution in [-0.2, 0) is 4.79 Å². The molecule has 2 aromatic carbocycles. The van der Waals surface area contributed by atoms with Gasteiger partial charge in [0.05, 0.1) is 17.1 Å². The van der Waals surface area contributed by atoms with Crippen molar-refractivity contribution in [2.24, 2.45) is 4.99 Å². The predicted octanol–water partition coefficient (Wildman–Crippen LogP) is 2.03. The lowest BCUT2D eigenvalue weighted by atomic mass is 10.0. The summed E-state index contributed by atoms with van der Waals surface area (Å²) in [6.45, 7) is 3.44. The Labute approximate surface area is 141 Å². The number of hydrogen-bond acceptors (Lipinski definition) is 4. The van der Waals surface area contributed by atoms with E-state index in [0.29, 0.717) is 0 Å². The van der Waals surface area contributed by atoms with Crippen molar-refractivity contribution >= 4 is 23.0 Å². The predicted molar refractivity (Wildman–Crippen MR) is 95.9 cm³/mol. The summed E-state index contributed by atoms with van der Waals surface area (Å²) >= 11 is 0. The van der Waals surface area contributed by atoms with Crippen LogP contribution in [0.25, 0.3) is 0 Å². The normalized spacial score (nSPS) is 21.4. The number of aliphatic imine (C=N–C) groups is 1. The lowest BCUT2D eigenvalue weighted by Crippen LogP contribution is -2.55. The van der Waals surface area contributed by atoms with Gasteiger partial charge >= 0.3 is 0 Å². The third-order valence-electron chi connectivity index (χ3n) is 4.50. The van der Waals surface area contributed by atoms with Crippen molar-refractivity contribution < 1.29 is 4.79 Å². The molecule has 0 spiro atoms. The molecule has 4 rings (SSSR count). The van der Waals surface area contributed by atoms with Crippen LogP contribution in [0.4, 0.5) is 11.4 Å². The number of rotatable bonds is 2. The largest absolute Gasteiger partial charge is 0.322 e. The molecular weight excluding hydrogens is 300 g/mol. The van der Waals surface area contributed by atoms with Crippen LogP contribution >= 0.6 is 0 Å². The summed E-state index contributed by atoms with van der Waals surface area (Å²) in [6, 6.07) is 17.3. The minimum Gasteiger partial charge on any atom is -0.322 e. The molecule has 2 aliphatic heterocycles. The van der Waals surface area contributed by atoms with E-state index in [1.807, 2.05) is 54.6 Å². The summed E-state index contributed by atoms with van der Waals surface area (Å²) in [7, 11) is 0. The second-order valence-electron chi connectivity index (χ2n) is 6.06. The van der Waals surface area contributed by atoms with E-state index in [4.69, 9.17) is 4.99 Å². The molecule has 2 aliphatic rings. The molecule has 1 unspecified atom stereocenters. The average Bonchev–Trinajstić information content (AvgIpc) is 2.79. The Morgan fingerprint density at radius 1 is 0.958 bits per heavy atom. The van der Waals surface area contributed by atoms with Crippen LogP contribution in [0.3, 0.4) is 0 Å². The standard InChI is InChI=1S/C19H20N4O/c24-19-18(23-12-10-20-11-13-23)17(14-6-2-1-3-7-14)21-15-8-4-5-9-16(15)22-19/h1-9,18,20H,10-13H2,(H,22,24). The first kappa shape index (κ1) is 15.1. The zero-order valence-corrected chi connectivity index (χ0v) is 13.4. The van der Waals surface area contributed by atoms with Crippen LogP contribution in [0, 0.1) is 0 Å². The topological polar surface area (TPSA) is 56.7 Å². The SMILES string of the molecule is O=C1Nc2ccccc2N=C(c2ccccc2)C1N1CCNCC1. The maximum Gasteiger partial charge on any atom is 0.248 e. The molecule has 5 heteroatoms. The monoisotopic (exact) mass is 320 g/mol. The Morgan fingerprint density at radius 2 is 1.67 bits per heavy atom. The zero-order chi connectivity index (χ0) is 16.4. The van der Waals surface area contributed by atoms with Gasteiger partial charge in [-0.05, 0) is 17.7 Å². The quantitative estimate of drug-likeness (QED) is 0.890. The molecule has 5 nitrogen and oxygen atoms in total. The first-order valence-electron chi connectivity index (χ1n) is 8.31. The van der Waals surface area contributed by atoms with Crippen molar-refractivity contribution in [3.63, 3.8) is 0 Å². The summed E-state index contributed by atoms with van der Waals surface area (Å²) in [5.74, 6) is -0.00977. The third-order valence-corrected chi connectivity index (χ3v) is 4.50. The second kappa shape index (κ2) is 6.55. The number of carbonyl (C=O) groups excluding carboxylic acids is 1. The Kier molecular flexibility index (Phi) is 4.11. The van der Waals surface area contributed by atoms with Crippen molar-refractivity contribution in [3.05, 3.63) is 60.2 Å². The number of piperazine rings is 1. The highest BCUT2D eigenvalue weighted by atomic mass is 16.2. The number of para-hydroxylation sites is 2. The molecule has 1 atom stereocenters. The van der Waals surface area contributed by atoms with Gasteiger partial charge in [-0.3, -0.25) is 9.69 Å². The van der Waals surface area contributed by atoms with E-state index in [1.54, 1.807) is 0 Å². The molecule has 1 fully saturated rings. The van der Waals surface area contributed by atoms with Crippen LogP contribution in [-0.4, -0.2) is 48.7 Å². The van der Waals surface area contributed by atoms with E-state index in [-0.39, 0.29) is 11.9 Å². The summed E-state index contributed by atoms with van der Waals surface area (Å²) in [5, 5.41) is 6.40. The van der Waals surface area contributed by atoms with Gasteiger partial charge < -0.3 is 10.6 Å². The number of hydrogen-bond donors (Lipinski definition) is 2. The number of anilines is 1. The van der Waals surface area contributed by atoms with Crippen molar-refractivity contribution in [2.45, 2.75) is 6.04 Å². The van der Waals surface area contributed by atoms with E-state index in [9.17, 15) is 4.79 Å². The summed E-state index contributed by atoms with van der Waals surface area (Å²) in [6.07, 6.45) is 0. The minimum absolute atomic E-state index is 0.00977. The van der Waals surface area contributed by atoms with E-state index in [0.717, 1.165) is 48.8 Å². The molecule has 1 amide bonds. The van der Waals surface area contributed by atoms with Crippen molar-refractivity contribution in [3.8, 4) is 0 Å². The molecule has 0 radical (unpaired) electrons. The van der Waals surface area contributed by atoms with Gasteiger partial charge in [0.1, 0.15) is 6.04 Å². The highest BCUT2D eigenvalue weighted by Gasteiger charge is 2.34. The molecule has 2 heterocycles. The van der Waals surface area contributed by atoms with Gasteiger partial charge in [-0.1, -0.05) is 42.5 Å². The lowest BCUT2D eigenvalue weighted by molar-refractivity contribution is -0.119. The molecule has 0 aromatic heterocycles. The molecule has 0 bridgehead atoms. The molecule has 2 aromatic rings.